The van der Waals surface area contributed by atoms with Crippen LogP contribution in [-0.4, -0.2) is 47.2 Å². The van der Waals surface area contributed by atoms with Crippen molar-refractivity contribution in [2.75, 3.05) is 17.6 Å². The summed E-state index contributed by atoms with van der Waals surface area (Å²) in [5, 5.41) is 11.0. The lowest BCUT2D eigenvalue weighted by atomic mass is 10.2. The minimum atomic E-state index is -3.42. The Balaban J connectivity index is 1.58. The molecule has 7 nitrogen and oxygen atoms in total. The number of rotatable bonds is 8. The van der Waals surface area contributed by atoms with E-state index in [0.717, 1.165) is 5.56 Å². The number of nitrogens with one attached hydrogen (secondary N) is 1. The van der Waals surface area contributed by atoms with Crippen LogP contribution in [0.25, 0.3) is 0 Å². The zero-order valence-corrected chi connectivity index (χ0v) is 17.7. The highest BCUT2D eigenvalue weighted by molar-refractivity contribution is 8.00. The average Bonchev–Trinajstić information content (AvgIpc) is 3.31. The number of hydrogen-bond donors (Lipinski definition) is 1. The molecule has 1 saturated heterocycles. The summed E-state index contributed by atoms with van der Waals surface area (Å²) in [5.41, 5.74) is 0.954. The largest absolute Gasteiger partial charge is 0.299 e. The molecule has 1 amide bonds. The Morgan fingerprint density at radius 2 is 2.11 bits per heavy atom. The molecule has 1 aromatic heterocycles. The van der Waals surface area contributed by atoms with Crippen molar-refractivity contribution in [3.8, 4) is 0 Å². The van der Waals surface area contributed by atoms with Crippen molar-refractivity contribution in [1.82, 2.24) is 14.5 Å². The Morgan fingerprint density at radius 3 is 2.82 bits per heavy atom. The normalized spacial score (nSPS) is 17.7. The number of anilines is 1. The van der Waals surface area contributed by atoms with E-state index in [4.69, 9.17) is 0 Å². The highest BCUT2D eigenvalue weighted by Gasteiger charge is 2.38. The first-order chi connectivity index (χ1) is 13.4. The number of carbonyl (C=O) groups is 1. The highest BCUT2D eigenvalue weighted by Crippen LogP contribution is 2.29. The van der Waals surface area contributed by atoms with Gasteiger partial charge in [-0.2, -0.15) is 4.31 Å². The number of thioether (sulfide) groups is 1. The van der Waals surface area contributed by atoms with Crippen LogP contribution >= 0.6 is 23.1 Å². The molecule has 1 atom stereocenters. The molecule has 0 spiro atoms. The van der Waals surface area contributed by atoms with E-state index in [9.17, 15) is 17.6 Å². The Morgan fingerprint density at radius 1 is 1.36 bits per heavy atom. The van der Waals surface area contributed by atoms with Crippen molar-refractivity contribution in [2.24, 2.45) is 0 Å². The lowest BCUT2D eigenvalue weighted by Gasteiger charge is -2.22. The molecule has 1 aliphatic heterocycles. The van der Waals surface area contributed by atoms with E-state index in [2.05, 4.69) is 15.5 Å². The third kappa shape index (κ3) is 5.28. The first-order valence-electron chi connectivity index (χ1n) is 8.90. The highest BCUT2D eigenvalue weighted by atomic mass is 32.2. The van der Waals surface area contributed by atoms with Gasteiger partial charge < -0.3 is 0 Å². The van der Waals surface area contributed by atoms with Crippen molar-refractivity contribution in [3.63, 3.8) is 0 Å². The van der Waals surface area contributed by atoms with Crippen LogP contribution in [0, 0.1) is 5.82 Å². The Labute approximate surface area is 171 Å². The van der Waals surface area contributed by atoms with Gasteiger partial charge in [-0.05, 0) is 37.0 Å². The number of carbonyl (C=O) groups excluding carboxylic acids is 1. The number of nitrogens with zero attached hydrogens (tertiary/aromatic N) is 3. The van der Waals surface area contributed by atoms with Crippen LogP contribution in [0.4, 0.5) is 9.52 Å². The average molecular weight is 445 g/mol. The van der Waals surface area contributed by atoms with Crippen molar-refractivity contribution in [3.05, 3.63) is 35.6 Å². The standard InChI is InChI=1S/C17H21FN4O3S3/c1-2-10-28(24,25)22-9-3-4-14(22)15(23)19-16-20-21-17(27-16)26-11-12-5-7-13(18)8-6-12/h5-8,14H,2-4,9-11H2,1H3,(H,19,20,23). The summed E-state index contributed by atoms with van der Waals surface area (Å²) in [7, 11) is -3.42. The van der Waals surface area contributed by atoms with Crippen molar-refractivity contribution >= 4 is 44.2 Å². The quantitative estimate of drug-likeness (QED) is 0.497. The Kier molecular flexibility index (Phi) is 7.02. The third-order valence-electron chi connectivity index (χ3n) is 4.24. The number of hydrogen-bond acceptors (Lipinski definition) is 7. The van der Waals surface area contributed by atoms with E-state index < -0.39 is 16.1 Å². The monoisotopic (exact) mass is 444 g/mol. The van der Waals surface area contributed by atoms with Gasteiger partial charge in [0.05, 0.1) is 5.75 Å². The smallest absolute Gasteiger partial charge is 0.244 e. The molecule has 1 N–H and O–H groups in total. The van der Waals surface area contributed by atoms with Gasteiger partial charge in [-0.1, -0.05) is 42.2 Å². The van der Waals surface area contributed by atoms with Gasteiger partial charge >= 0.3 is 0 Å². The van der Waals surface area contributed by atoms with Crippen LogP contribution < -0.4 is 5.32 Å². The number of halogens is 1. The van der Waals surface area contributed by atoms with Gasteiger partial charge in [-0.25, -0.2) is 12.8 Å². The van der Waals surface area contributed by atoms with Crippen LogP contribution in [0.2, 0.25) is 0 Å². The predicted molar refractivity (Wildman–Crippen MR) is 108 cm³/mol. The number of benzene rings is 1. The fraction of sp³-hybridized carbons (Fsp3) is 0.471. The summed E-state index contributed by atoms with van der Waals surface area (Å²) in [6.45, 7) is 2.17. The predicted octanol–water partition coefficient (Wildman–Crippen LogP) is 3.11. The van der Waals surface area contributed by atoms with E-state index in [0.29, 0.717) is 41.0 Å². The van der Waals surface area contributed by atoms with Gasteiger partial charge in [-0.15, -0.1) is 10.2 Å². The zero-order chi connectivity index (χ0) is 20.1. The second-order valence-corrected chi connectivity index (χ2v) is 10.6. The lowest BCUT2D eigenvalue weighted by molar-refractivity contribution is -0.119. The van der Waals surface area contributed by atoms with Gasteiger partial charge in [0.2, 0.25) is 21.1 Å². The fourth-order valence-electron chi connectivity index (χ4n) is 2.94. The molecule has 2 aromatic rings. The second-order valence-electron chi connectivity index (χ2n) is 6.36. The summed E-state index contributed by atoms with van der Waals surface area (Å²) in [4.78, 5) is 12.6. The van der Waals surface area contributed by atoms with Crippen molar-refractivity contribution < 1.29 is 17.6 Å². The van der Waals surface area contributed by atoms with E-state index in [1.807, 2.05) is 0 Å². The topological polar surface area (TPSA) is 92.3 Å². The van der Waals surface area contributed by atoms with E-state index in [1.165, 1.54) is 39.5 Å². The van der Waals surface area contributed by atoms with Gasteiger partial charge in [0.25, 0.3) is 0 Å². The molecule has 1 unspecified atom stereocenters. The maximum absolute atomic E-state index is 12.9. The fourth-order valence-corrected chi connectivity index (χ4v) is 6.40. The van der Waals surface area contributed by atoms with E-state index in [1.54, 1.807) is 19.1 Å². The van der Waals surface area contributed by atoms with Gasteiger partial charge in [0.1, 0.15) is 11.9 Å². The second kappa shape index (κ2) is 9.29. The van der Waals surface area contributed by atoms with Crippen LogP contribution in [-0.2, 0) is 20.6 Å². The summed E-state index contributed by atoms with van der Waals surface area (Å²) < 4.78 is 39.6. The van der Waals surface area contributed by atoms with Crippen LogP contribution in [0.15, 0.2) is 28.6 Å². The first kappa shape index (κ1) is 21.2. The molecular formula is C17H21FN4O3S3. The van der Waals surface area contributed by atoms with E-state index in [-0.39, 0.29) is 17.5 Å². The number of sulfonamides is 1. The molecule has 0 saturated carbocycles. The Hall–Kier alpha value is -1.56. The van der Waals surface area contributed by atoms with Gasteiger partial charge in [0.15, 0.2) is 4.34 Å². The SMILES string of the molecule is CCCS(=O)(=O)N1CCCC1C(=O)Nc1nnc(SCc2ccc(F)cc2)s1. The summed E-state index contributed by atoms with van der Waals surface area (Å²) >= 11 is 2.66. The molecular weight excluding hydrogens is 423 g/mol. The van der Waals surface area contributed by atoms with Crippen LogP contribution in [0.5, 0.6) is 0 Å². The molecule has 0 bridgehead atoms. The summed E-state index contributed by atoms with van der Waals surface area (Å²) in [6.07, 6.45) is 1.67. The molecule has 11 heteroatoms. The first-order valence-corrected chi connectivity index (χ1v) is 12.3. The molecule has 3 rings (SSSR count). The maximum atomic E-state index is 12.9. The third-order valence-corrected chi connectivity index (χ3v) is 8.36. The van der Waals surface area contributed by atoms with Gasteiger partial charge in [-0.3, -0.25) is 10.1 Å². The summed E-state index contributed by atoms with van der Waals surface area (Å²) in [6, 6.07) is 5.52. The van der Waals surface area contributed by atoms with Crippen molar-refractivity contribution in [1.29, 1.82) is 0 Å². The molecule has 1 fully saturated rings. The van der Waals surface area contributed by atoms with Gasteiger partial charge in [0, 0.05) is 12.3 Å². The molecule has 2 heterocycles. The molecule has 28 heavy (non-hydrogen) atoms. The Bertz CT molecular complexity index is 918. The maximum Gasteiger partial charge on any atom is 0.244 e. The van der Waals surface area contributed by atoms with Crippen LogP contribution in [0.3, 0.4) is 0 Å². The number of amides is 1. The molecule has 1 aromatic carbocycles. The van der Waals surface area contributed by atoms with E-state index >= 15 is 0 Å². The lowest BCUT2D eigenvalue weighted by Crippen LogP contribution is -2.44. The minimum absolute atomic E-state index is 0.0414. The molecule has 152 valence electrons. The molecule has 0 aliphatic carbocycles. The summed E-state index contributed by atoms with van der Waals surface area (Å²) in [5.74, 6) is -0.00568. The van der Waals surface area contributed by atoms with Crippen LogP contribution in [0.1, 0.15) is 31.7 Å². The van der Waals surface area contributed by atoms with Crippen molar-refractivity contribution in [2.45, 2.75) is 42.3 Å². The molecule has 1 aliphatic rings. The zero-order valence-electron chi connectivity index (χ0n) is 15.3. The minimum Gasteiger partial charge on any atom is -0.299 e. The number of aromatic nitrogens is 2. The molecule has 0 radical (unpaired) electrons.